The second-order valence-corrected chi connectivity index (χ2v) is 5.59. The van der Waals surface area contributed by atoms with Crippen LogP contribution in [0.25, 0.3) is 0 Å². The number of hydrogen-bond donors (Lipinski definition) is 2. The summed E-state index contributed by atoms with van der Waals surface area (Å²) in [6.07, 6.45) is 1.13. The molecule has 120 valence electrons. The van der Waals surface area contributed by atoms with Gasteiger partial charge in [0.15, 0.2) is 0 Å². The fourth-order valence-corrected chi connectivity index (χ4v) is 2.29. The molecule has 1 aromatic heterocycles. The Morgan fingerprint density at radius 3 is 2.64 bits per heavy atom. The monoisotopic (exact) mass is 341 g/mol. The van der Waals surface area contributed by atoms with Crippen molar-refractivity contribution < 1.29 is 9.53 Å². The zero-order chi connectivity index (χ0) is 15.2. The second-order valence-electron chi connectivity index (χ2n) is 4.65. The number of halogens is 1. The van der Waals surface area contributed by atoms with Gasteiger partial charge in [0.2, 0.25) is 0 Å². The summed E-state index contributed by atoms with van der Waals surface area (Å²) in [4.78, 5) is 16.2. The third kappa shape index (κ3) is 4.98. The normalized spacial score (nSPS) is 11.4. The maximum absolute atomic E-state index is 12.0. The van der Waals surface area contributed by atoms with Crippen molar-refractivity contribution >= 4 is 35.3 Å². The first-order chi connectivity index (χ1) is 10.1. The predicted molar refractivity (Wildman–Crippen MR) is 92.0 cm³/mol. The third-order valence-electron chi connectivity index (χ3n) is 2.98. The third-order valence-corrected chi connectivity index (χ3v) is 3.85. The first-order valence-electron chi connectivity index (χ1n) is 6.85. The SMILES string of the molecule is CCC(C)Oc1ccc(NC(=O)c2csc(CN)n2)cc1.Cl. The minimum Gasteiger partial charge on any atom is -0.491 e. The molecular weight excluding hydrogens is 322 g/mol. The number of anilines is 1. The van der Waals surface area contributed by atoms with E-state index < -0.39 is 0 Å². The quantitative estimate of drug-likeness (QED) is 0.843. The van der Waals surface area contributed by atoms with Crippen LogP contribution < -0.4 is 15.8 Å². The average Bonchev–Trinajstić information content (AvgIpc) is 2.98. The van der Waals surface area contributed by atoms with Crippen molar-refractivity contribution in [3.05, 3.63) is 40.3 Å². The minimum atomic E-state index is -0.235. The van der Waals surface area contributed by atoms with E-state index in [1.807, 2.05) is 31.2 Å². The topological polar surface area (TPSA) is 77.2 Å². The van der Waals surface area contributed by atoms with Crippen LogP contribution in [0.5, 0.6) is 5.75 Å². The number of thiazole rings is 1. The van der Waals surface area contributed by atoms with E-state index in [4.69, 9.17) is 10.5 Å². The van der Waals surface area contributed by atoms with Gasteiger partial charge >= 0.3 is 0 Å². The van der Waals surface area contributed by atoms with Crippen LogP contribution in [-0.2, 0) is 6.54 Å². The lowest BCUT2D eigenvalue weighted by molar-refractivity contribution is 0.102. The smallest absolute Gasteiger partial charge is 0.275 e. The van der Waals surface area contributed by atoms with Crippen molar-refractivity contribution in [1.82, 2.24) is 4.98 Å². The molecule has 22 heavy (non-hydrogen) atoms. The summed E-state index contributed by atoms with van der Waals surface area (Å²) >= 11 is 1.38. The second kappa shape index (κ2) is 8.73. The number of nitrogens with two attached hydrogens (primary N) is 1. The van der Waals surface area contributed by atoms with Gasteiger partial charge in [-0.2, -0.15) is 0 Å². The Morgan fingerprint density at radius 2 is 2.09 bits per heavy atom. The molecule has 0 spiro atoms. The summed E-state index contributed by atoms with van der Waals surface area (Å²) in [5.74, 6) is 0.558. The molecule has 7 heteroatoms. The average molecular weight is 342 g/mol. The van der Waals surface area contributed by atoms with Crippen LogP contribution in [0.3, 0.4) is 0 Å². The summed E-state index contributed by atoms with van der Waals surface area (Å²) in [6.45, 7) is 4.44. The Hall–Kier alpha value is -1.63. The first kappa shape index (κ1) is 18.4. The van der Waals surface area contributed by atoms with E-state index in [0.717, 1.165) is 17.2 Å². The number of carbonyl (C=O) groups excluding carboxylic acids is 1. The highest BCUT2D eigenvalue weighted by Crippen LogP contribution is 2.18. The van der Waals surface area contributed by atoms with E-state index >= 15 is 0 Å². The van der Waals surface area contributed by atoms with Crippen molar-refractivity contribution in [2.45, 2.75) is 32.9 Å². The number of hydrogen-bond acceptors (Lipinski definition) is 5. The predicted octanol–water partition coefficient (Wildman–Crippen LogP) is 3.45. The molecule has 1 unspecified atom stereocenters. The lowest BCUT2D eigenvalue weighted by Crippen LogP contribution is -2.13. The highest BCUT2D eigenvalue weighted by atomic mass is 35.5. The fourth-order valence-electron chi connectivity index (χ4n) is 1.64. The maximum atomic E-state index is 12.0. The standard InChI is InChI=1S/C15H19N3O2S.ClH/c1-3-10(2)20-12-6-4-11(5-7-12)17-15(19)13-9-21-14(8-16)18-13;/h4-7,9-10H,3,8,16H2,1-2H3,(H,17,19);1H. The fraction of sp³-hybridized carbons (Fsp3) is 0.333. The van der Waals surface area contributed by atoms with Crippen molar-refractivity contribution in [3.63, 3.8) is 0 Å². The molecule has 3 N–H and O–H groups in total. The Balaban J connectivity index is 0.00000242. The van der Waals surface area contributed by atoms with Crippen molar-refractivity contribution in [2.24, 2.45) is 5.73 Å². The van der Waals surface area contributed by atoms with E-state index in [2.05, 4.69) is 17.2 Å². The molecular formula is C15H20ClN3O2S. The maximum Gasteiger partial charge on any atom is 0.275 e. The molecule has 5 nitrogen and oxygen atoms in total. The Labute approximate surface area is 140 Å². The first-order valence-corrected chi connectivity index (χ1v) is 7.73. The van der Waals surface area contributed by atoms with Crippen molar-refractivity contribution in [1.29, 1.82) is 0 Å². The summed E-state index contributed by atoms with van der Waals surface area (Å²) in [5.41, 5.74) is 6.58. The summed E-state index contributed by atoms with van der Waals surface area (Å²) in [7, 11) is 0. The molecule has 0 radical (unpaired) electrons. The van der Waals surface area contributed by atoms with E-state index in [1.165, 1.54) is 11.3 Å². The number of nitrogens with one attached hydrogen (secondary N) is 1. The van der Waals surface area contributed by atoms with Crippen LogP contribution in [0.15, 0.2) is 29.6 Å². The van der Waals surface area contributed by atoms with Gasteiger partial charge in [-0.15, -0.1) is 23.7 Å². The highest BCUT2D eigenvalue weighted by molar-refractivity contribution is 7.09. The van der Waals surface area contributed by atoms with Crippen LogP contribution in [0.1, 0.15) is 35.8 Å². The molecule has 0 bridgehead atoms. The largest absolute Gasteiger partial charge is 0.491 e. The van der Waals surface area contributed by atoms with Crippen molar-refractivity contribution in [2.75, 3.05) is 5.32 Å². The summed E-state index contributed by atoms with van der Waals surface area (Å²) in [5, 5.41) is 5.25. The van der Waals surface area contributed by atoms with Gasteiger partial charge in [0.05, 0.1) is 6.10 Å². The molecule has 1 aromatic carbocycles. The molecule has 1 atom stereocenters. The van der Waals surface area contributed by atoms with Gasteiger partial charge < -0.3 is 15.8 Å². The number of amides is 1. The number of ether oxygens (including phenoxy) is 1. The lowest BCUT2D eigenvalue weighted by atomic mass is 10.2. The molecule has 1 amide bonds. The van der Waals surface area contributed by atoms with Crippen LogP contribution in [0.4, 0.5) is 5.69 Å². The molecule has 0 aliphatic carbocycles. The highest BCUT2D eigenvalue weighted by Gasteiger charge is 2.10. The molecule has 0 aliphatic rings. The zero-order valence-electron chi connectivity index (χ0n) is 12.5. The van der Waals surface area contributed by atoms with Crippen LogP contribution in [-0.4, -0.2) is 17.0 Å². The van der Waals surface area contributed by atoms with Crippen LogP contribution >= 0.6 is 23.7 Å². The zero-order valence-corrected chi connectivity index (χ0v) is 14.2. The summed E-state index contributed by atoms with van der Waals surface area (Å²) in [6, 6.07) is 7.31. The molecule has 0 saturated heterocycles. The molecule has 2 rings (SSSR count). The van der Waals surface area contributed by atoms with E-state index in [9.17, 15) is 4.79 Å². The van der Waals surface area contributed by atoms with Gasteiger partial charge in [0, 0.05) is 17.6 Å². The van der Waals surface area contributed by atoms with E-state index in [0.29, 0.717) is 17.9 Å². The van der Waals surface area contributed by atoms with Gasteiger partial charge in [0.25, 0.3) is 5.91 Å². The van der Waals surface area contributed by atoms with Gasteiger partial charge in [-0.25, -0.2) is 4.98 Å². The number of benzene rings is 1. The summed E-state index contributed by atoms with van der Waals surface area (Å²) < 4.78 is 5.69. The van der Waals surface area contributed by atoms with Crippen LogP contribution in [0, 0.1) is 0 Å². The number of rotatable bonds is 6. The van der Waals surface area contributed by atoms with E-state index in [1.54, 1.807) is 5.38 Å². The number of aromatic nitrogens is 1. The molecule has 2 aromatic rings. The van der Waals surface area contributed by atoms with Gasteiger partial charge in [-0.3, -0.25) is 4.79 Å². The van der Waals surface area contributed by atoms with Gasteiger partial charge in [0.1, 0.15) is 16.5 Å². The van der Waals surface area contributed by atoms with Crippen molar-refractivity contribution in [3.8, 4) is 5.75 Å². The molecule has 0 aliphatic heterocycles. The van der Waals surface area contributed by atoms with E-state index in [-0.39, 0.29) is 24.4 Å². The molecule has 0 saturated carbocycles. The Morgan fingerprint density at radius 1 is 1.41 bits per heavy atom. The molecule has 0 fully saturated rings. The van der Waals surface area contributed by atoms with Gasteiger partial charge in [-0.1, -0.05) is 6.92 Å². The minimum absolute atomic E-state index is 0. The number of carbonyl (C=O) groups is 1. The number of nitrogens with zero attached hydrogens (tertiary/aromatic N) is 1. The lowest BCUT2D eigenvalue weighted by Gasteiger charge is -2.12. The molecule has 1 heterocycles. The Bertz CT molecular complexity index is 601. The van der Waals surface area contributed by atoms with Gasteiger partial charge in [-0.05, 0) is 37.6 Å². The Kier molecular flexibility index (Phi) is 7.31. The van der Waals surface area contributed by atoms with Crippen LogP contribution in [0.2, 0.25) is 0 Å².